The molecule has 94 valence electrons. The molecule has 1 N–H and O–H groups in total. The monoisotopic (exact) mass is 233 g/mol. The van der Waals surface area contributed by atoms with E-state index in [-0.39, 0.29) is 6.10 Å². The summed E-state index contributed by atoms with van der Waals surface area (Å²) in [7, 11) is 1.95. The lowest BCUT2D eigenvalue weighted by Crippen LogP contribution is -2.28. The van der Waals surface area contributed by atoms with Gasteiger partial charge in [-0.25, -0.2) is 0 Å². The molecular weight excluding hydrogens is 210 g/mol. The van der Waals surface area contributed by atoms with Gasteiger partial charge in [0.2, 0.25) is 0 Å². The Morgan fingerprint density at radius 2 is 2.12 bits per heavy atom. The zero-order valence-electron chi connectivity index (χ0n) is 11.3. The molecule has 0 bridgehead atoms. The van der Waals surface area contributed by atoms with Crippen LogP contribution in [-0.2, 0) is 0 Å². The second kappa shape index (κ2) is 7.13. The molecule has 1 aromatic rings. The number of hydrogen-bond donors (Lipinski definition) is 1. The molecule has 2 nitrogen and oxygen atoms in total. The second-order valence-corrected chi connectivity index (χ2v) is 4.17. The normalized spacial score (nSPS) is 13.5. The van der Waals surface area contributed by atoms with Gasteiger partial charge in [-0.1, -0.05) is 31.2 Å². The summed E-state index contributed by atoms with van der Waals surface area (Å²) in [6.07, 6.45) is 3.34. The Hall–Kier alpha value is -1.28. The third-order valence-electron chi connectivity index (χ3n) is 2.93. The largest absolute Gasteiger partial charge is 0.488 e. The molecule has 0 saturated carbocycles. The fourth-order valence-electron chi connectivity index (χ4n) is 1.73. The SMILES string of the molecule is C/C=C(\C)c1ccccc1O[C@H](CC)CNC. The summed E-state index contributed by atoms with van der Waals surface area (Å²) in [6, 6.07) is 8.22. The number of rotatable bonds is 6. The van der Waals surface area contributed by atoms with Crippen molar-refractivity contribution >= 4 is 5.57 Å². The first-order valence-corrected chi connectivity index (χ1v) is 6.26. The lowest BCUT2D eigenvalue weighted by molar-refractivity contribution is 0.196. The lowest BCUT2D eigenvalue weighted by atomic mass is 10.1. The summed E-state index contributed by atoms with van der Waals surface area (Å²) in [5.41, 5.74) is 2.43. The number of allylic oxidation sites excluding steroid dienone is 2. The van der Waals surface area contributed by atoms with E-state index in [1.807, 2.05) is 25.2 Å². The van der Waals surface area contributed by atoms with Crippen LogP contribution in [-0.4, -0.2) is 19.7 Å². The minimum absolute atomic E-state index is 0.228. The van der Waals surface area contributed by atoms with E-state index in [0.717, 1.165) is 18.7 Å². The fourth-order valence-corrected chi connectivity index (χ4v) is 1.73. The molecule has 2 heteroatoms. The Labute approximate surface area is 105 Å². The van der Waals surface area contributed by atoms with Gasteiger partial charge in [0.05, 0.1) is 0 Å². The molecule has 0 aromatic heterocycles. The molecule has 0 spiro atoms. The molecular formula is C15H23NO. The minimum Gasteiger partial charge on any atom is -0.488 e. The fraction of sp³-hybridized carbons (Fsp3) is 0.467. The molecule has 17 heavy (non-hydrogen) atoms. The van der Waals surface area contributed by atoms with Crippen LogP contribution in [0.3, 0.4) is 0 Å². The summed E-state index contributed by atoms with van der Waals surface area (Å²) in [5.74, 6) is 0.977. The highest BCUT2D eigenvalue weighted by Gasteiger charge is 2.10. The molecule has 0 aliphatic carbocycles. The van der Waals surface area contributed by atoms with Crippen LogP contribution in [0.15, 0.2) is 30.3 Å². The van der Waals surface area contributed by atoms with Crippen molar-refractivity contribution < 1.29 is 4.74 Å². The second-order valence-electron chi connectivity index (χ2n) is 4.17. The first-order valence-electron chi connectivity index (χ1n) is 6.26. The van der Waals surface area contributed by atoms with Crippen molar-refractivity contribution in [1.29, 1.82) is 0 Å². The highest BCUT2D eigenvalue weighted by molar-refractivity contribution is 5.68. The van der Waals surface area contributed by atoms with Gasteiger partial charge in [0, 0.05) is 12.1 Å². The molecule has 0 saturated heterocycles. The Kier molecular flexibility index (Phi) is 5.78. The smallest absolute Gasteiger partial charge is 0.127 e. The number of hydrogen-bond acceptors (Lipinski definition) is 2. The van der Waals surface area contributed by atoms with Gasteiger partial charge in [0.1, 0.15) is 11.9 Å². The number of benzene rings is 1. The number of para-hydroxylation sites is 1. The van der Waals surface area contributed by atoms with E-state index in [1.165, 1.54) is 11.1 Å². The van der Waals surface area contributed by atoms with Gasteiger partial charge in [0.25, 0.3) is 0 Å². The highest BCUT2D eigenvalue weighted by atomic mass is 16.5. The van der Waals surface area contributed by atoms with Crippen LogP contribution >= 0.6 is 0 Å². The number of nitrogens with one attached hydrogen (secondary N) is 1. The van der Waals surface area contributed by atoms with E-state index in [4.69, 9.17) is 4.74 Å². The predicted octanol–water partition coefficient (Wildman–Crippen LogP) is 3.49. The quantitative estimate of drug-likeness (QED) is 0.812. The molecule has 0 amide bonds. The average molecular weight is 233 g/mol. The minimum atomic E-state index is 0.228. The molecule has 0 heterocycles. The summed E-state index contributed by atoms with van der Waals surface area (Å²) < 4.78 is 6.05. The van der Waals surface area contributed by atoms with Gasteiger partial charge in [-0.05, 0) is 39.0 Å². The van der Waals surface area contributed by atoms with Crippen molar-refractivity contribution in [2.45, 2.75) is 33.3 Å². The van der Waals surface area contributed by atoms with Gasteiger partial charge in [-0.2, -0.15) is 0 Å². The molecule has 0 aliphatic rings. The average Bonchev–Trinajstić information content (AvgIpc) is 2.38. The van der Waals surface area contributed by atoms with E-state index in [2.05, 4.69) is 38.2 Å². The van der Waals surface area contributed by atoms with E-state index in [1.54, 1.807) is 0 Å². The maximum absolute atomic E-state index is 6.05. The van der Waals surface area contributed by atoms with Crippen LogP contribution in [0.1, 0.15) is 32.8 Å². The zero-order chi connectivity index (χ0) is 12.7. The molecule has 0 aliphatic heterocycles. The first kappa shape index (κ1) is 13.8. The molecule has 1 rings (SSSR count). The third-order valence-corrected chi connectivity index (χ3v) is 2.93. The third kappa shape index (κ3) is 3.90. The van der Waals surface area contributed by atoms with Crippen LogP contribution in [0.5, 0.6) is 5.75 Å². The zero-order valence-corrected chi connectivity index (χ0v) is 11.3. The topological polar surface area (TPSA) is 21.3 Å². The Morgan fingerprint density at radius 3 is 2.71 bits per heavy atom. The highest BCUT2D eigenvalue weighted by Crippen LogP contribution is 2.26. The van der Waals surface area contributed by atoms with E-state index in [9.17, 15) is 0 Å². The summed E-state index contributed by atoms with van der Waals surface area (Å²) in [5, 5.41) is 3.16. The van der Waals surface area contributed by atoms with Gasteiger partial charge in [-0.3, -0.25) is 0 Å². The number of ether oxygens (including phenoxy) is 1. The van der Waals surface area contributed by atoms with Crippen molar-refractivity contribution in [3.63, 3.8) is 0 Å². The molecule has 0 unspecified atom stereocenters. The van der Waals surface area contributed by atoms with Crippen LogP contribution in [0.25, 0.3) is 5.57 Å². The first-order chi connectivity index (χ1) is 8.22. The molecule has 0 fully saturated rings. The maximum atomic E-state index is 6.05. The summed E-state index contributed by atoms with van der Waals surface area (Å²) in [4.78, 5) is 0. The molecule has 1 aromatic carbocycles. The Bertz CT molecular complexity index is 371. The molecule has 0 radical (unpaired) electrons. The lowest BCUT2D eigenvalue weighted by Gasteiger charge is -2.19. The summed E-state index contributed by atoms with van der Waals surface area (Å²) in [6.45, 7) is 7.19. The van der Waals surface area contributed by atoms with Gasteiger partial charge < -0.3 is 10.1 Å². The summed E-state index contributed by atoms with van der Waals surface area (Å²) >= 11 is 0. The van der Waals surface area contributed by atoms with Crippen LogP contribution < -0.4 is 10.1 Å². The Balaban J connectivity index is 2.89. The predicted molar refractivity (Wildman–Crippen MR) is 74.4 cm³/mol. The maximum Gasteiger partial charge on any atom is 0.127 e. The van der Waals surface area contributed by atoms with Crippen molar-refractivity contribution in [1.82, 2.24) is 5.32 Å². The van der Waals surface area contributed by atoms with Crippen LogP contribution in [0.4, 0.5) is 0 Å². The van der Waals surface area contributed by atoms with Crippen LogP contribution in [0, 0.1) is 0 Å². The van der Waals surface area contributed by atoms with Gasteiger partial charge >= 0.3 is 0 Å². The van der Waals surface area contributed by atoms with E-state index >= 15 is 0 Å². The standard InChI is InChI=1S/C15H23NO/c1-5-12(3)14-9-7-8-10-15(14)17-13(6-2)11-16-4/h5,7-10,13,16H,6,11H2,1-4H3/b12-5+/t13-/m1/s1. The van der Waals surface area contributed by atoms with Gasteiger partial charge in [-0.15, -0.1) is 0 Å². The van der Waals surface area contributed by atoms with Crippen molar-refractivity contribution in [3.05, 3.63) is 35.9 Å². The molecule has 1 atom stereocenters. The van der Waals surface area contributed by atoms with Crippen LogP contribution in [0.2, 0.25) is 0 Å². The Morgan fingerprint density at radius 1 is 1.41 bits per heavy atom. The van der Waals surface area contributed by atoms with Crippen molar-refractivity contribution in [2.75, 3.05) is 13.6 Å². The van der Waals surface area contributed by atoms with Gasteiger partial charge in [0.15, 0.2) is 0 Å². The number of likely N-dealkylation sites (N-methyl/N-ethyl adjacent to an activating group) is 1. The van der Waals surface area contributed by atoms with Crippen molar-refractivity contribution in [3.8, 4) is 5.75 Å². The van der Waals surface area contributed by atoms with E-state index in [0.29, 0.717) is 0 Å². The van der Waals surface area contributed by atoms with E-state index < -0.39 is 0 Å². The van der Waals surface area contributed by atoms with Crippen molar-refractivity contribution in [2.24, 2.45) is 0 Å².